The molecule has 0 spiro atoms. The molecule has 7 heteroatoms. The number of nitrogens with two attached hydrogens (primary N) is 2. The normalized spacial score (nSPS) is 19.3. The van der Waals surface area contributed by atoms with Crippen LogP contribution in [0.15, 0.2) is 12.3 Å². The highest BCUT2D eigenvalue weighted by molar-refractivity contribution is 7.80. The number of carbonyl (C=O) groups excluding carboxylic acids is 1. The summed E-state index contributed by atoms with van der Waals surface area (Å²) in [5.74, 6) is 0.100. The van der Waals surface area contributed by atoms with Crippen molar-refractivity contribution in [2.45, 2.75) is 18.9 Å². The van der Waals surface area contributed by atoms with E-state index >= 15 is 0 Å². The Morgan fingerprint density at radius 2 is 2.29 bits per heavy atom. The van der Waals surface area contributed by atoms with Crippen LogP contribution in [0.1, 0.15) is 18.5 Å². The molecule has 90 valence electrons. The van der Waals surface area contributed by atoms with Gasteiger partial charge in [0.25, 0.3) is 0 Å². The first-order chi connectivity index (χ1) is 8.09. The number of primary amides is 1. The monoisotopic (exact) mass is 251 g/mol. The number of hydrogen-bond acceptors (Lipinski definition) is 5. The Kier molecular flexibility index (Phi) is 3.19. The van der Waals surface area contributed by atoms with Gasteiger partial charge in [0.05, 0.1) is 0 Å². The molecule has 1 aliphatic heterocycles. The van der Waals surface area contributed by atoms with Crippen LogP contribution in [-0.4, -0.2) is 33.5 Å². The molecule has 1 aromatic rings. The van der Waals surface area contributed by atoms with Crippen LogP contribution >= 0.6 is 12.2 Å². The van der Waals surface area contributed by atoms with Crippen LogP contribution in [0.3, 0.4) is 0 Å². The summed E-state index contributed by atoms with van der Waals surface area (Å²) >= 11 is 4.85. The lowest BCUT2D eigenvalue weighted by Gasteiger charge is -2.22. The number of aromatic nitrogens is 2. The average Bonchev–Trinajstić information content (AvgIpc) is 2.78. The summed E-state index contributed by atoms with van der Waals surface area (Å²) < 4.78 is 0. The Labute approximate surface area is 104 Å². The van der Waals surface area contributed by atoms with Crippen LogP contribution in [0, 0.1) is 0 Å². The van der Waals surface area contributed by atoms with Gasteiger partial charge in [-0.15, -0.1) is 0 Å². The van der Waals surface area contributed by atoms with E-state index in [1.165, 1.54) is 0 Å². The Hall–Kier alpha value is -1.76. The zero-order valence-electron chi connectivity index (χ0n) is 9.17. The van der Waals surface area contributed by atoms with Crippen LogP contribution in [-0.2, 0) is 4.79 Å². The smallest absolute Gasteiger partial charge is 0.240 e. The molecule has 17 heavy (non-hydrogen) atoms. The zero-order chi connectivity index (χ0) is 12.4. The molecule has 4 N–H and O–H groups in total. The Morgan fingerprint density at radius 1 is 1.53 bits per heavy atom. The molecule has 1 unspecified atom stereocenters. The molecule has 0 saturated carbocycles. The summed E-state index contributed by atoms with van der Waals surface area (Å²) in [6, 6.07) is 1.30. The lowest BCUT2D eigenvalue weighted by Crippen LogP contribution is -2.41. The number of thiocarbonyl (C=S) groups is 1. The van der Waals surface area contributed by atoms with E-state index in [9.17, 15) is 4.79 Å². The second-order valence-corrected chi connectivity index (χ2v) is 4.30. The zero-order valence-corrected chi connectivity index (χ0v) is 9.98. The minimum atomic E-state index is -0.355. The molecule has 0 aliphatic carbocycles. The lowest BCUT2D eigenvalue weighted by atomic mass is 10.2. The fraction of sp³-hybridized carbons (Fsp3) is 0.400. The van der Waals surface area contributed by atoms with Gasteiger partial charge in [0, 0.05) is 12.7 Å². The average molecular weight is 251 g/mol. The molecule has 2 rings (SSSR count). The van der Waals surface area contributed by atoms with Crippen molar-refractivity contribution in [2.75, 3.05) is 11.4 Å². The SMILES string of the molecule is NC(=O)C1CCCN1c1nccc(C(N)=S)n1. The van der Waals surface area contributed by atoms with Crippen molar-refractivity contribution in [1.82, 2.24) is 9.97 Å². The van der Waals surface area contributed by atoms with Crippen molar-refractivity contribution >= 4 is 29.1 Å². The number of hydrogen-bond donors (Lipinski definition) is 2. The molecule has 1 atom stereocenters. The molecule has 6 nitrogen and oxygen atoms in total. The summed E-state index contributed by atoms with van der Waals surface area (Å²) in [7, 11) is 0. The number of carbonyl (C=O) groups is 1. The topological polar surface area (TPSA) is 98.1 Å². The van der Waals surface area contributed by atoms with Gasteiger partial charge in [-0.05, 0) is 18.9 Å². The predicted molar refractivity (Wildman–Crippen MR) is 67.5 cm³/mol. The standard InChI is InChI=1S/C10H13N5OS/c11-8(16)7-2-1-5-15(7)10-13-4-3-6(14-10)9(12)17/h3-4,7H,1-2,5H2,(H2,11,16)(H2,12,17). The summed E-state index contributed by atoms with van der Waals surface area (Å²) in [5.41, 5.74) is 11.3. The van der Waals surface area contributed by atoms with Crippen molar-refractivity contribution in [1.29, 1.82) is 0 Å². The molecule has 1 aromatic heterocycles. The second-order valence-electron chi connectivity index (χ2n) is 3.86. The van der Waals surface area contributed by atoms with E-state index in [-0.39, 0.29) is 16.9 Å². The number of anilines is 1. The number of nitrogens with zero attached hydrogens (tertiary/aromatic N) is 3. The predicted octanol–water partition coefficient (Wildman–Crippen LogP) is -0.435. The lowest BCUT2D eigenvalue weighted by molar-refractivity contribution is -0.119. The molecule has 1 amide bonds. The van der Waals surface area contributed by atoms with Gasteiger partial charge in [-0.3, -0.25) is 4.79 Å². The maximum atomic E-state index is 11.3. The van der Waals surface area contributed by atoms with Crippen molar-refractivity contribution in [3.8, 4) is 0 Å². The summed E-state index contributed by atoms with van der Waals surface area (Å²) in [5, 5.41) is 0. The van der Waals surface area contributed by atoms with Crippen LogP contribution < -0.4 is 16.4 Å². The van der Waals surface area contributed by atoms with E-state index in [1.807, 2.05) is 0 Å². The van der Waals surface area contributed by atoms with E-state index in [0.717, 1.165) is 12.8 Å². The van der Waals surface area contributed by atoms with E-state index in [2.05, 4.69) is 9.97 Å². The van der Waals surface area contributed by atoms with Gasteiger partial charge in [-0.1, -0.05) is 12.2 Å². The first kappa shape index (κ1) is 11.7. The van der Waals surface area contributed by atoms with E-state index in [0.29, 0.717) is 18.2 Å². The molecular formula is C10H13N5OS. The van der Waals surface area contributed by atoms with Gasteiger partial charge in [-0.25, -0.2) is 9.97 Å². The highest BCUT2D eigenvalue weighted by Gasteiger charge is 2.30. The van der Waals surface area contributed by atoms with Crippen molar-refractivity contribution in [3.05, 3.63) is 18.0 Å². The maximum Gasteiger partial charge on any atom is 0.240 e. The van der Waals surface area contributed by atoms with Crippen molar-refractivity contribution < 1.29 is 4.79 Å². The van der Waals surface area contributed by atoms with Gasteiger partial charge in [-0.2, -0.15) is 0 Å². The van der Waals surface area contributed by atoms with E-state index in [4.69, 9.17) is 23.7 Å². The van der Waals surface area contributed by atoms with Crippen LogP contribution in [0.5, 0.6) is 0 Å². The third-order valence-corrected chi connectivity index (χ3v) is 2.94. The van der Waals surface area contributed by atoms with Crippen molar-refractivity contribution in [2.24, 2.45) is 11.5 Å². The van der Waals surface area contributed by atoms with Crippen LogP contribution in [0.25, 0.3) is 0 Å². The molecule has 1 saturated heterocycles. The quantitative estimate of drug-likeness (QED) is 0.707. The highest BCUT2D eigenvalue weighted by Crippen LogP contribution is 2.21. The molecule has 0 aromatic carbocycles. The van der Waals surface area contributed by atoms with Gasteiger partial charge in [0.1, 0.15) is 16.7 Å². The van der Waals surface area contributed by atoms with Crippen LogP contribution in [0.4, 0.5) is 5.95 Å². The fourth-order valence-corrected chi connectivity index (χ4v) is 2.04. The third kappa shape index (κ3) is 2.33. The van der Waals surface area contributed by atoms with E-state index < -0.39 is 0 Å². The van der Waals surface area contributed by atoms with Crippen LogP contribution in [0.2, 0.25) is 0 Å². The second kappa shape index (κ2) is 4.62. The largest absolute Gasteiger partial charge is 0.388 e. The Balaban J connectivity index is 2.30. The Morgan fingerprint density at radius 3 is 2.94 bits per heavy atom. The van der Waals surface area contributed by atoms with Gasteiger partial charge in [0.2, 0.25) is 11.9 Å². The molecule has 0 radical (unpaired) electrons. The number of rotatable bonds is 3. The first-order valence-electron chi connectivity index (χ1n) is 5.28. The molecule has 2 heterocycles. The molecule has 0 bridgehead atoms. The molecule has 1 aliphatic rings. The minimum Gasteiger partial charge on any atom is -0.388 e. The van der Waals surface area contributed by atoms with Crippen molar-refractivity contribution in [3.63, 3.8) is 0 Å². The maximum absolute atomic E-state index is 11.3. The minimum absolute atomic E-state index is 0.212. The summed E-state index contributed by atoms with van der Waals surface area (Å²) in [6.07, 6.45) is 3.21. The summed E-state index contributed by atoms with van der Waals surface area (Å²) in [4.78, 5) is 21.6. The fourth-order valence-electron chi connectivity index (χ4n) is 1.93. The summed E-state index contributed by atoms with van der Waals surface area (Å²) in [6.45, 7) is 0.717. The van der Waals surface area contributed by atoms with Gasteiger partial charge < -0.3 is 16.4 Å². The first-order valence-corrected chi connectivity index (χ1v) is 5.69. The van der Waals surface area contributed by atoms with E-state index in [1.54, 1.807) is 17.2 Å². The van der Waals surface area contributed by atoms with Gasteiger partial charge in [0.15, 0.2) is 0 Å². The highest BCUT2D eigenvalue weighted by atomic mass is 32.1. The Bertz CT molecular complexity index is 464. The number of amides is 1. The molecular weight excluding hydrogens is 238 g/mol. The third-order valence-electron chi connectivity index (χ3n) is 2.73. The molecule has 1 fully saturated rings. The van der Waals surface area contributed by atoms with Gasteiger partial charge >= 0.3 is 0 Å².